The third-order valence-corrected chi connectivity index (χ3v) is 5.41. The Bertz CT molecular complexity index is 603. The van der Waals surface area contributed by atoms with Gasteiger partial charge in [0.15, 0.2) is 5.82 Å². The van der Waals surface area contributed by atoms with Crippen molar-refractivity contribution >= 4 is 11.8 Å². The minimum Gasteiger partial charge on any atom is -0.391 e. The molecule has 20 heavy (non-hydrogen) atoms. The molecule has 0 radical (unpaired) electrons. The summed E-state index contributed by atoms with van der Waals surface area (Å²) < 4.78 is 5.40. The fourth-order valence-electron chi connectivity index (χ4n) is 3.08. The number of hydrogen-bond acceptors (Lipinski definition) is 5. The number of nitrogens with zero attached hydrogens (tertiary/aromatic N) is 2. The second-order valence-corrected chi connectivity index (χ2v) is 6.65. The molecule has 104 valence electrons. The zero-order chi connectivity index (χ0) is 13.5. The molecule has 2 aromatic rings. The Morgan fingerprint density at radius 2 is 1.90 bits per heavy atom. The van der Waals surface area contributed by atoms with Gasteiger partial charge in [-0.25, -0.2) is 0 Å². The molecule has 2 heterocycles. The second-order valence-electron chi connectivity index (χ2n) is 5.58. The molecule has 2 atom stereocenters. The lowest BCUT2D eigenvalue weighted by Gasteiger charge is -2.07. The average molecular weight is 288 g/mol. The lowest BCUT2D eigenvalue weighted by Crippen LogP contribution is -2.16. The number of benzene rings is 1. The van der Waals surface area contributed by atoms with Gasteiger partial charge in [0.25, 0.3) is 0 Å². The predicted molar refractivity (Wildman–Crippen MR) is 77.0 cm³/mol. The van der Waals surface area contributed by atoms with Crippen LogP contribution in [0.25, 0.3) is 0 Å². The van der Waals surface area contributed by atoms with E-state index < -0.39 is 0 Å². The summed E-state index contributed by atoms with van der Waals surface area (Å²) in [6.45, 7) is 0. The standard InChI is InChI=1S/C15H16N2O2S/c18-13-8-20-7-12(13)15-16-14(17-19-15)11-5-9-3-1-2-4-10(9)6-11/h1-4,11-13,18H,5-8H2. The molecule has 0 amide bonds. The van der Waals surface area contributed by atoms with Crippen LogP contribution in [0.4, 0.5) is 0 Å². The van der Waals surface area contributed by atoms with Crippen molar-refractivity contribution in [1.82, 2.24) is 10.1 Å². The molecule has 1 aliphatic heterocycles. The summed E-state index contributed by atoms with van der Waals surface area (Å²) in [5, 5.41) is 14.1. The van der Waals surface area contributed by atoms with E-state index in [0.717, 1.165) is 30.2 Å². The number of aliphatic hydroxyl groups excluding tert-OH is 1. The van der Waals surface area contributed by atoms with Gasteiger partial charge in [0.1, 0.15) is 0 Å². The van der Waals surface area contributed by atoms with Gasteiger partial charge in [0.2, 0.25) is 5.89 Å². The zero-order valence-corrected chi connectivity index (χ0v) is 11.8. The van der Waals surface area contributed by atoms with E-state index in [-0.39, 0.29) is 12.0 Å². The lowest BCUT2D eigenvalue weighted by molar-refractivity contribution is 0.164. The normalized spacial score (nSPS) is 26.1. The van der Waals surface area contributed by atoms with Gasteiger partial charge in [-0.1, -0.05) is 29.4 Å². The minimum absolute atomic E-state index is 0.00466. The van der Waals surface area contributed by atoms with E-state index in [1.165, 1.54) is 11.1 Å². The van der Waals surface area contributed by atoms with Crippen LogP contribution in [0.15, 0.2) is 28.8 Å². The van der Waals surface area contributed by atoms with Crippen LogP contribution < -0.4 is 0 Å². The molecule has 5 heteroatoms. The molecule has 1 aliphatic carbocycles. The summed E-state index contributed by atoms with van der Waals surface area (Å²) in [4.78, 5) is 4.56. The van der Waals surface area contributed by atoms with Gasteiger partial charge in [0, 0.05) is 17.4 Å². The molecule has 4 rings (SSSR count). The van der Waals surface area contributed by atoms with Gasteiger partial charge in [-0.2, -0.15) is 16.7 Å². The Morgan fingerprint density at radius 3 is 2.55 bits per heavy atom. The van der Waals surface area contributed by atoms with E-state index in [1.807, 2.05) is 0 Å². The van der Waals surface area contributed by atoms with Crippen molar-refractivity contribution in [2.24, 2.45) is 0 Å². The number of aliphatic hydroxyl groups is 1. The maximum atomic E-state index is 9.91. The minimum atomic E-state index is -0.353. The van der Waals surface area contributed by atoms with Crippen molar-refractivity contribution < 1.29 is 9.63 Å². The van der Waals surface area contributed by atoms with E-state index in [1.54, 1.807) is 11.8 Å². The van der Waals surface area contributed by atoms with Crippen LogP contribution in [0, 0.1) is 0 Å². The van der Waals surface area contributed by atoms with E-state index in [0.29, 0.717) is 11.8 Å². The third-order valence-electron chi connectivity index (χ3n) is 4.24. The van der Waals surface area contributed by atoms with Crippen molar-refractivity contribution in [3.63, 3.8) is 0 Å². The topological polar surface area (TPSA) is 59.2 Å². The fraction of sp³-hybridized carbons (Fsp3) is 0.467. The maximum absolute atomic E-state index is 9.91. The molecule has 2 unspecified atom stereocenters. The lowest BCUT2D eigenvalue weighted by atomic mass is 10.1. The smallest absolute Gasteiger partial charge is 0.233 e. The first kappa shape index (κ1) is 12.4. The van der Waals surface area contributed by atoms with Crippen LogP contribution in [0.2, 0.25) is 0 Å². The highest BCUT2D eigenvalue weighted by Gasteiger charge is 2.34. The SMILES string of the molecule is OC1CSCC1c1nc(C2Cc3ccccc3C2)no1. The van der Waals surface area contributed by atoms with Crippen LogP contribution >= 0.6 is 11.8 Å². The Labute approximate surface area is 121 Å². The first-order valence-electron chi connectivity index (χ1n) is 6.97. The van der Waals surface area contributed by atoms with Crippen molar-refractivity contribution in [3.05, 3.63) is 47.1 Å². The van der Waals surface area contributed by atoms with Crippen LogP contribution in [0.5, 0.6) is 0 Å². The summed E-state index contributed by atoms with van der Waals surface area (Å²) in [5.41, 5.74) is 2.78. The summed E-state index contributed by atoms with van der Waals surface area (Å²) in [5.74, 6) is 3.35. The number of rotatable bonds is 2. The fourth-order valence-corrected chi connectivity index (χ4v) is 4.31. The van der Waals surface area contributed by atoms with E-state index in [2.05, 4.69) is 34.4 Å². The molecule has 0 saturated carbocycles. The first-order chi connectivity index (χ1) is 9.81. The number of thioether (sulfide) groups is 1. The van der Waals surface area contributed by atoms with E-state index in [9.17, 15) is 5.11 Å². The number of hydrogen-bond donors (Lipinski definition) is 1. The van der Waals surface area contributed by atoms with E-state index >= 15 is 0 Å². The second kappa shape index (κ2) is 4.90. The quantitative estimate of drug-likeness (QED) is 0.917. The Kier molecular flexibility index (Phi) is 3.04. The molecule has 0 bridgehead atoms. The average Bonchev–Trinajstić information content (AvgIpc) is 3.15. The van der Waals surface area contributed by atoms with Gasteiger partial charge in [-0.15, -0.1) is 0 Å². The molecular formula is C15H16N2O2S. The molecule has 2 aliphatic rings. The van der Waals surface area contributed by atoms with Gasteiger partial charge in [-0.3, -0.25) is 0 Å². The first-order valence-corrected chi connectivity index (χ1v) is 8.13. The Morgan fingerprint density at radius 1 is 1.15 bits per heavy atom. The van der Waals surface area contributed by atoms with Crippen molar-refractivity contribution in [2.75, 3.05) is 11.5 Å². The van der Waals surface area contributed by atoms with Gasteiger partial charge in [-0.05, 0) is 24.0 Å². The van der Waals surface area contributed by atoms with Crippen LogP contribution in [-0.4, -0.2) is 32.9 Å². The largest absolute Gasteiger partial charge is 0.391 e. The maximum Gasteiger partial charge on any atom is 0.233 e. The Hall–Kier alpha value is -1.33. The van der Waals surface area contributed by atoms with Crippen LogP contribution in [0.1, 0.15) is 34.7 Å². The molecule has 1 N–H and O–H groups in total. The highest BCUT2D eigenvalue weighted by molar-refractivity contribution is 7.99. The molecule has 4 nitrogen and oxygen atoms in total. The predicted octanol–water partition coefficient (Wildman–Crippen LogP) is 2.14. The molecule has 1 aromatic carbocycles. The van der Waals surface area contributed by atoms with Crippen molar-refractivity contribution in [2.45, 2.75) is 30.8 Å². The molecular weight excluding hydrogens is 272 g/mol. The highest BCUT2D eigenvalue weighted by atomic mass is 32.2. The zero-order valence-electron chi connectivity index (χ0n) is 11.0. The number of aromatic nitrogens is 2. The van der Waals surface area contributed by atoms with Crippen LogP contribution in [0.3, 0.4) is 0 Å². The van der Waals surface area contributed by atoms with Gasteiger partial charge >= 0.3 is 0 Å². The van der Waals surface area contributed by atoms with E-state index in [4.69, 9.17) is 4.52 Å². The Balaban J connectivity index is 1.55. The molecule has 1 aromatic heterocycles. The summed E-state index contributed by atoms with van der Waals surface area (Å²) in [6, 6.07) is 8.51. The monoisotopic (exact) mass is 288 g/mol. The van der Waals surface area contributed by atoms with Crippen molar-refractivity contribution in [1.29, 1.82) is 0 Å². The highest BCUT2D eigenvalue weighted by Crippen LogP contribution is 2.35. The summed E-state index contributed by atoms with van der Waals surface area (Å²) >= 11 is 1.74. The van der Waals surface area contributed by atoms with Crippen LogP contribution in [-0.2, 0) is 12.8 Å². The number of fused-ring (bicyclic) bond motifs is 1. The van der Waals surface area contributed by atoms with Gasteiger partial charge in [0.05, 0.1) is 12.0 Å². The molecule has 1 saturated heterocycles. The third kappa shape index (κ3) is 2.05. The molecule has 0 spiro atoms. The summed E-state index contributed by atoms with van der Waals surface area (Å²) in [7, 11) is 0. The van der Waals surface area contributed by atoms with Crippen molar-refractivity contribution in [3.8, 4) is 0 Å². The van der Waals surface area contributed by atoms with Gasteiger partial charge < -0.3 is 9.63 Å². The molecule has 1 fully saturated rings. The summed E-state index contributed by atoms with van der Waals surface area (Å²) in [6.07, 6.45) is 1.61.